The molecule has 7 heteroatoms. The molecule has 0 bridgehead atoms. The lowest BCUT2D eigenvalue weighted by atomic mass is 9.84. The predicted octanol–water partition coefficient (Wildman–Crippen LogP) is 6.43. The van der Waals surface area contributed by atoms with Gasteiger partial charge in [-0.2, -0.15) is 0 Å². The number of rotatable bonds is 4. The molecule has 1 aromatic carbocycles. The summed E-state index contributed by atoms with van der Waals surface area (Å²) in [5.41, 5.74) is 8.47. The van der Waals surface area contributed by atoms with Gasteiger partial charge in [-0.1, -0.05) is 24.3 Å². The number of aryl methyl sites for hydroxylation is 1. The molecule has 3 aromatic heterocycles. The Morgan fingerprint density at radius 1 is 1.18 bits per heavy atom. The summed E-state index contributed by atoms with van der Waals surface area (Å²) in [5, 5.41) is 4.89. The number of hydrogen-bond donors (Lipinski definition) is 2. The average molecular weight is 524 g/mol. The Kier molecular flexibility index (Phi) is 6.63. The zero-order valence-corrected chi connectivity index (χ0v) is 23.3. The van der Waals surface area contributed by atoms with Crippen molar-refractivity contribution in [1.82, 2.24) is 25.2 Å². The number of carbonyl (C=O) groups is 1. The molecule has 6 rings (SSSR count). The van der Waals surface area contributed by atoms with Crippen LogP contribution in [0, 0.1) is 6.92 Å². The third kappa shape index (κ3) is 5.15. The summed E-state index contributed by atoms with van der Waals surface area (Å²) < 4.78 is 5.78. The maximum atomic E-state index is 13.1. The maximum Gasteiger partial charge on any atom is 0.410 e. The molecule has 4 aromatic rings. The minimum absolute atomic E-state index is 0.0267. The van der Waals surface area contributed by atoms with Crippen molar-refractivity contribution >= 4 is 17.1 Å². The highest BCUT2D eigenvalue weighted by molar-refractivity contribution is 5.83. The number of likely N-dealkylation sites (tertiary alicyclic amines) is 1. The quantitative estimate of drug-likeness (QED) is 0.322. The highest BCUT2D eigenvalue weighted by Crippen LogP contribution is 2.40. The number of hydrogen-bond acceptors (Lipinski definition) is 5. The fraction of sp³-hybridized carbons (Fsp3) is 0.406. The predicted molar refractivity (Wildman–Crippen MR) is 154 cm³/mol. The van der Waals surface area contributed by atoms with E-state index in [1.807, 2.05) is 38.1 Å². The number of ether oxygens (including phenoxy) is 1. The Bertz CT molecular complexity index is 1520. The number of nitrogens with zero attached hydrogens (tertiary/aromatic N) is 3. The van der Waals surface area contributed by atoms with Crippen molar-refractivity contribution < 1.29 is 9.53 Å². The maximum absolute atomic E-state index is 13.1. The van der Waals surface area contributed by atoms with Crippen LogP contribution in [0.3, 0.4) is 0 Å². The second-order valence-electron chi connectivity index (χ2n) is 11.8. The van der Waals surface area contributed by atoms with E-state index in [0.717, 1.165) is 66.8 Å². The zero-order chi connectivity index (χ0) is 27.1. The summed E-state index contributed by atoms with van der Waals surface area (Å²) in [6.45, 7) is 9.52. The number of amides is 1. The van der Waals surface area contributed by atoms with E-state index in [2.05, 4.69) is 64.7 Å². The Labute approximate surface area is 230 Å². The Morgan fingerprint density at radius 3 is 2.87 bits per heavy atom. The van der Waals surface area contributed by atoms with Gasteiger partial charge in [0.25, 0.3) is 0 Å². The standard InChI is InChI=1S/C32H37N5O2/c1-20-18-34-30-25(20)16-22(19-35-30)26-11-6-9-23(36-26)17-27-29-21(13-14-33-27)8-5-10-24(29)28-12-7-15-37(28)31(38)39-32(2,3)4/h5-6,8-11,16,18-19,27-28,33H,7,12-15,17H2,1-4H3,(H,34,35)/t27?,28-/m0/s1. The van der Waals surface area contributed by atoms with Crippen LogP contribution in [0.1, 0.15) is 73.6 Å². The van der Waals surface area contributed by atoms with Gasteiger partial charge < -0.3 is 19.9 Å². The van der Waals surface area contributed by atoms with Crippen molar-refractivity contribution in [3.63, 3.8) is 0 Å². The Balaban J connectivity index is 1.30. The molecule has 0 saturated carbocycles. The second-order valence-corrected chi connectivity index (χ2v) is 11.8. The first-order chi connectivity index (χ1) is 18.8. The molecule has 2 aliphatic heterocycles. The normalized spacial score (nSPS) is 19.3. The van der Waals surface area contributed by atoms with E-state index in [-0.39, 0.29) is 18.2 Å². The highest BCUT2D eigenvalue weighted by Gasteiger charge is 2.36. The van der Waals surface area contributed by atoms with E-state index in [1.165, 1.54) is 22.3 Å². The van der Waals surface area contributed by atoms with Crippen LogP contribution < -0.4 is 5.32 Å². The topological polar surface area (TPSA) is 83.1 Å². The summed E-state index contributed by atoms with van der Waals surface area (Å²) in [6, 6.07) is 15.2. The van der Waals surface area contributed by atoms with Crippen molar-refractivity contribution in [3.8, 4) is 11.3 Å². The highest BCUT2D eigenvalue weighted by atomic mass is 16.6. The number of fused-ring (bicyclic) bond motifs is 2. The van der Waals surface area contributed by atoms with Gasteiger partial charge in [-0.05, 0) is 94.0 Å². The largest absolute Gasteiger partial charge is 0.444 e. The van der Waals surface area contributed by atoms with E-state index in [1.54, 1.807) is 0 Å². The van der Waals surface area contributed by atoms with Gasteiger partial charge in [-0.3, -0.25) is 4.98 Å². The molecule has 202 valence electrons. The molecule has 1 unspecified atom stereocenters. The fourth-order valence-electron chi connectivity index (χ4n) is 6.09. The van der Waals surface area contributed by atoms with Crippen molar-refractivity contribution in [2.45, 2.75) is 71.1 Å². The Hall–Kier alpha value is -3.71. The lowest BCUT2D eigenvalue weighted by molar-refractivity contribution is 0.0223. The first-order valence-corrected chi connectivity index (χ1v) is 14.0. The number of carbonyl (C=O) groups excluding carboxylic acids is 1. The minimum Gasteiger partial charge on any atom is -0.444 e. The van der Waals surface area contributed by atoms with Crippen LogP contribution in [0.25, 0.3) is 22.3 Å². The van der Waals surface area contributed by atoms with Crippen molar-refractivity contribution in [2.24, 2.45) is 0 Å². The van der Waals surface area contributed by atoms with Gasteiger partial charge in [-0.25, -0.2) is 9.78 Å². The van der Waals surface area contributed by atoms with Crippen LogP contribution in [0.2, 0.25) is 0 Å². The second kappa shape index (κ2) is 10.1. The van der Waals surface area contributed by atoms with E-state index in [4.69, 9.17) is 9.72 Å². The van der Waals surface area contributed by atoms with Gasteiger partial charge in [-0.15, -0.1) is 0 Å². The fourth-order valence-corrected chi connectivity index (χ4v) is 6.09. The smallest absolute Gasteiger partial charge is 0.410 e. The number of nitrogens with one attached hydrogen (secondary N) is 2. The SMILES string of the molecule is Cc1c[nH]c2ncc(-c3cccc(CC4NCCc5cccc([C@@H]6CCCN6C(=O)OC(C)(C)C)c54)n3)cc12. The van der Waals surface area contributed by atoms with E-state index < -0.39 is 5.60 Å². The molecule has 2 aliphatic rings. The van der Waals surface area contributed by atoms with E-state index in [9.17, 15) is 4.79 Å². The van der Waals surface area contributed by atoms with Gasteiger partial charge in [0.15, 0.2) is 0 Å². The monoisotopic (exact) mass is 523 g/mol. The first kappa shape index (κ1) is 25.6. The van der Waals surface area contributed by atoms with E-state index in [0.29, 0.717) is 0 Å². The summed E-state index contributed by atoms with van der Waals surface area (Å²) in [5.74, 6) is 0. The molecule has 0 aliphatic carbocycles. The number of H-pyrrole nitrogens is 1. The summed E-state index contributed by atoms with van der Waals surface area (Å²) in [6.07, 6.45) is 7.34. The van der Waals surface area contributed by atoms with Crippen molar-refractivity contribution in [1.29, 1.82) is 0 Å². The van der Waals surface area contributed by atoms with Crippen molar-refractivity contribution in [2.75, 3.05) is 13.1 Å². The molecule has 2 N–H and O–H groups in total. The molecule has 39 heavy (non-hydrogen) atoms. The first-order valence-electron chi connectivity index (χ1n) is 14.0. The van der Waals surface area contributed by atoms with Gasteiger partial charge >= 0.3 is 6.09 Å². The molecular formula is C32H37N5O2. The van der Waals surface area contributed by atoms with Crippen LogP contribution in [0.15, 0.2) is 54.9 Å². The number of aromatic nitrogens is 3. The number of pyridine rings is 2. The third-order valence-electron chi connectivity index (χ3n) is 7.86. The summed E-state index contributed by atoms with van der Waals surface area (Å²) in [7, 11) is 0. The third-order valence-corrected chi connectivity index (χ3v) is 7.86. The molecular weight excluding hydrogens is 486 g/mol. The van der Waals surface area contributed by atoms with Gasteiger partial charge in [0.05, 0.1) is 11.7 Å². The molecule has 1 fully saturated rings. The van der Waals surface area contributed by atoms with Crippen LogP contribution in [-0.2, 0) is 17.6 Å². The number of aromatic amines is 1. The van der Waals surface area contributed by atoms with Crippen LogP contribution in [0.4, 0.5) is 4.79 Å². The molecule has 1 saturated heterocycles. The molecule has 2 atom stereocenters. The molecule has 5 heterocycles. The van der Waals surface area contributed by atoms with Crippen molar-refractivity contribution in [3.05, 3.63) is 82.8 Å². The number of benzene rings is 1. The van der Waals surface area contributed by atoms with Gasteiger partial charge in [0.2, 0.25) is 0 Å². The average Bonchev–Trinajstić information content (AvgIpc) is 3.55. The lowest BCUT2D eigenvalue weighted by Gasteiger charge is -2.34. The van der Waals surface area contributed by atoms with Gasteiger partial charge in [0, 0.05) is 48.0 Å². The molecule has 0 radical (unpaired) electrons. The molecule has 0 spiro atoms. The van der Waals surface area contributed by atoms with Crippen LogP contribution in [-0.4, -0.2) is 44.6 Å². The van der Waals surface area contributed by atoms with Crippen LogP contribution >= 0.6 is 0 Å². The van der Waals surface area contributed by atoms with Gasteiger partial charge in [0.1, 0.15) is 11.2 Å². The Morgan fingerprint density at radius 2 is 2.03 bits per heavy atom. The van der Waals surface area contributed by atoms with E-state index >= 15 is 0 Å². The minimum atomic E-state index is -0.513. The lowest BCUT2D eigenvalue weighted by Crippen LogP contribution is -2.38. The summed E-state index contributed by atoms with van der Waals surface area (Å²) >= 11 is 0. The summed E-state index contributed by atoms with van der Waals surface area (Å²) in [4.78, 5) is 27.9. The molecule has 7 nitrogen and oxygen atoms in total. The zero-order valence-electron chi connectivity index (χ0n) is 23.3. The van der Waals surface area contributed by atoms with Crippen LogP contribution in [0.5, 0.6) is 0 Å². The molecule has 1 amide bonds.